The van der Waals surface area contributed by atoms with E-state index in [1.54, 1.807) is 26.0 Å². The minimum atomic E-state index is -0.803. The first kappa shape index (κ1) is 33.6. The fraction of sp³-hybridized carbons (Fsp3) is 0.533. The van der Waals surface area contributed by atoms with Gasteiger partial charge in [-0.1, -0.05) is 52.7 Å². The molecule has 34 heavy (non-hydrogen) atoms. The Balaban J connectivity index is 0. The monoisotopic (exact) mass is 472 g/mol. The van der Waals surface area contributed by atoms with Crippen LogP contribution in [0.15, 0.2) is 69.9 Å². The number of carboxylic acids is 1. The van der Waals surface area contributed by atoms with Crippen molar-refractivity contribution in [3.05, 3.63) is 69.9 Å². The van der Waals surface area contributed by atoms with Gasteiger partial charge in [0.1, 0.15) is 6.61 Å². The van der Waals surface area contributed by atoms with Crippen molar-refractivity contribution in [1.82, 2.24) is 0 Å². The van der Waals surface area contributed by atoms with Crippen LogP contribution in [0, 0.1) is 0 Å². The van der Waals surface area contributed by atoms with Crippen LogP contribution in [-0.2, 0) is 14.3 Å². The van der Waals surface area contributed by atoms with E-state index >= 15 is 0 Å². The standard InChI is InChI=1S/2C15H24O2/c1-6-14(5)15(16)17-11-10-13(4)9-7-8-12(2)3;1-5-14(15(16)17)11-7-10-13(4)9-6-8-12(2)3/h6,8,10H,7,9,11H2,1-5H3;5,8,10H,6-7,9,11H2,1-4H3,(H,16,17)/b13-10+,14-6+;13-10+,14-5+. The molecule has 0 amide bonds. The molecule has 0 rings (SSSR count). The van der Waals surface area contributed by atoms with Crippen molar-refractivity contribution in [2.45, 2.75) is 101 Å². The van der Waals surface area contributed by atoms with Crippen molar-refractivity contribution in [3.8, 4) is 0 Å². The Hall–Kier alpha value is -2.62. The first-order chi connectivity index (χ1) is 15.9. The second-order valence-corrected chi connectivity index (χ2v) is 8.97. The molecule has 0 saturated heterocycles. The molecular weight excluding hydrogens is 424 g/mol. The fourth-order valence-electron chi connectivity index (χ4n) is 2.72. The van der Waals surface area contributed by atoms with Gasteiger partial charge in [0.25, 0.3) is 0 Å². The molecule has 0 atom stereocenters. The molecule has 0 radical (unpaired) electrons. The topological polar surface area (TPSA) is 63.6 Å². The van der Waals surface area contributed by atoms with Gasteiger partial charge in [-0.2, -0.15) is 0 Å². The van der Waals surface area contributed by atoms with E-state index in [4.69, 9.17) is 9.84 Å². The van der Waals surface area contributed by atoms with Crippen LogP contribution in [-0.4, -0.2) is 23.7 Å². The third-order valence-electron chi connectivity index (χ3n) is 5.11. The molecule has 0 bridgehead atoms. The molecule has 4 heteroatoms. The summed E-state index contributed by atoms with van der Waals surface area (Å²) < 4.78 is 5.09. The average molecular weight is 473 g/mol. The first-order valence-electron chi connectivity index (χ1n) is 12.2. The number of aliphatic carboxylic acids is 1. The number of ether oxygens (including phenoxy) is 1. The van der Waals surface area contributed by atoms with E-state index in [0.29, 0.717) is 24.2 Å². The largest absolute Gasteiger partial charge is 0.478 e. The van der Waals surface area contributed by atoms with Gasteiger partial charge < -0.3 is 9.84 Å². The van der Waals surface area contributed by atoms with E-state index in [1.807, 2.05) is 13.0 Å². The Morgan fingerprint density at radius 1 is 0.676 bits per heavy atom. The van der Waals surface area contributed by atoms with Crippen LogP contribution in [0.3, 0.4) is 0 Å². The van der Waals surface area contributed by atoms with E-state index in [9.17, 15) is 9.59 Å². The van der Waals surface area contributed by atoms with Gasteiger partial charge in [-0.05, 0) is 107 Å². The van der Waals surface area contributed by atoms with E-state index in [2.05, 4.69) is 59.8 Å². The Bertz CT molecular complexity index is 794. The molecule has 0 fully saturated rings. The second-order valence-electron chi connectivity index (χ2n) is 8.97. The maximum Gasteiger partial charge on any atom is 0.333 e. The SMILES string of the molecule is C/C=C(\C)C(=O)OC/C=C(\C)CCC=C(C)C.C/C=C(\CC/C=C(\C)CCC=C(C)C)C(=O)O. The Morgan fingerprint density at radius 2 is 1.15 bits per heavy atom. The molecule has 0 aliphatic rings. The molecule has 0 unspecified atom stereocenters. The van der Waals surface area contributed by atoms with Gasteiger partial charge in [-0.25, -0.2) is 9.59 Å². The molecule has 0 aromatic heterocycles. The predicted molar refractivity (Wildman–Crippen MR) is 146 cm³/mol. The average Bonchev–Trinajstić information content (AvgIpc) is 2.75. The summed E-state index contributed by atoms with van der Waals surface area (Å²) in [4.78, 5) is 22.1. The van der Waals surface area contributed by atoms with Gasteiger partial charge in [0, 0.05) is 11.1 Å². The second kappa shape index (κ2) is 20.9. The van der Waals surface area contributed by atoms with Crippen molar-refractivity contribution in [3.63, 3.8) is 0 Å². The fourth-order valence-corrected chi connectivity index (χ4v) is 2.72. The highest BCUT2D eigenvalue weighted by molar-refractivity contribution is 5.87. The van der Waals surface area contributed by atoms with Gasteiger partial charge in [0.15, 0.2) is 0 Å². The van der Waals surface area contributed by atoms with Gasteiger partial charge in [0.2, 0.25) is 0 Å². The first-order valence-corrected chi connectivity index (χ1v) is 12.2. The molecule has 0 aromatic carbocycles. The van der Waals surface area contributed by atoms with Crippen molar-refractivity contribution < 1.29 is 19.4 Å². The van der Waals surface area contributed by atoms with Crippen LogP contribution in [0.4, 0.5) is 0 Å². The van der Waals surface area contributed by atoms with Crippen molar-refractivity contribution in [2.24, 2.45) is 0 Å². The van der Waals surface area contributed by atoms with Crippen LogP contribution < -0.4 is 0 Å². The normalized spacial score (nSPS) is 12.4. The Labute approximate surface area is 208 Å². The van der Waals surface area contributed by atoms with Crippen molar-refractivity contribution in [2.75, 3.05) is 6.61 Å². The van der Waals surface area contributed by atoms with Crippen LogP contribution in [0.1, 0.15) is 101 Å². The molecule has 0 aliphatic carbocycles. The maximum atomic E-state index is 11.3. The lowest BCUT2D eigenvalue weighted by molar-refractivity contribution is -0.137. The van der Waals surface area contributed by atoms with Gasteiger partial charge in [-0.15, -0.1) is 0 Å². The maximum absolute atomic E-state index is 11.3. The van der Waals surface area contributed by atoms with Crippen LogP contribution in [0.5, 0.6) is 0 Å². The minimum absolute atomic E-state index is 0.235. The van der Waals surface area contributed by atoms with Gasteiger partial charge in [-0.3, -0.25) is 0 Å². The molecule has 0 saturated carbocycles. The number of hydrogen-bond donors (Lipinski definition) is 1. The molecule has 0 spiro atoms. The van der Waals surface area contributed by atoms with Crippen LogP contribution in [0.25, 0.3) is 0 Å². The molecule has 0 aliphatic heterocycles. The molecule has 1 N–H and O–H groups in total. The number of hydrogen-bond acceptors (Lipinski definition) is 3. The summed E-state index contributed by atoms with van der Waals surface area (Å²) in [5.41, 5.74) is 6.43. The molecule has 192 valence electrons. The lowest BCUT2D eigenvalue weighted by Crippen LogP contribution is -2.05. The number of carbonyl (C=O) groups excluding carboxylic acids is 1. The zero-order chi connectivity index (χ0) is 26.5. The quantitative estimate of drug-likeness (QED) is 0.165. The molecular formula is C30H48O4. The number of carboxylic acid groups (broad SMARTS) is 1. The zero-order valence-corrected chi connectivity index (χ0v) is 23.1. The highest BCUT2D eigenvalue weighted by atomic mass is 16.5. The van der Waals surface area contributed by atoms with Crippen molar-refractivity contribution >= 4 is 11.9 Å². The minimum Gasteiger partial charge on any atom is -0.478 e. The third kappa shape index (κ3) is 21.2. The third-order valence-corrected chi connectivity index (χ3v) is 5.11. The van der Waals surface area contributed by atoms with E-state index in [1.165, 1.54) is 22.3 Å². The summed E-state index contributed by atoms with van der Waals surface area (Å²) in [5.74, 6) is -1.04. The van der Waals surface area contributed by atoms with E-state index in [-0.39, 0.29) is 5.97 Å². The summed E-state index contributed by atoms with van der Waals surface area (Å²) >= 11 is 0. The van der Waals surface area contributed by atoms with Gasteiger partial charge >= 0.3 is 11.9 Å². The summed E-state index contributed by atoms with van der Waals surface area (Å²) in [6.07, 6.45) is 17.6. The number of carbonyl (C=O) groups is 2. The summed E-state index contributed by atoms with van der Waals surface area (Å²) in [5, 5.41) is 8.84. The van der Waals surface area contributed by atoms with Gasteiger partial charge in [0.05, 0.1) is 0 Å². The smallest absolute Gasteiger partial charge is 0.333 e. The van der Waals surface area contributed by atoms with Crippen LogP contribution >= 0.6 is 0 Å². The van der Waals surface area contributed by atoms with E-state index in [0.717, 1.165) is 32.1 Å². The zero-order valence-electron chi connectivity index (χ0n) is 23.1. The lowest BCUT2D eigenvalue weighted by Gasteiger charge is -2.03. The summed E-state index contributed by atoms with van der Waals surface area (Å²) in [7, 11) is 0. The number of allylic oxidation sites excluding steroid dienone is 9. The van der Waals surface area contributed by atoms with Crippen molar-refractivity contribution in [1.29, 1.82) is 0 Å². The summed E-state index contributed by atoms with van der Waals surface area (Å²) in [6, 6.07) is 0. The molecule has 4 nitrogen and oxygen atoms in total. The van der Waals surface area contributed by atoms with E-state index < -0.39 is 5.97 Å². The Morgan fingerprint density at radius 3 is 1.56 bits per heavy atom. The lowest BCUT2D eigenvalue weighted by atomic mass is 10.1. The number of esters is 1. The highest BCUT2D eigenvalue weighted by Crippen LogP contribution is 2.12. The highest BCUT2D eigenvalue weighted by Gasteiger charge is 2.04. The predicted octanol–water partition coefficient (Wildman–Crippen LogP) is 8.68. The molecule has 0 aromatic rings. The molecule has 0 heterocycles. The number of rotatable bonds is 13. The summed E-state index contributed by atoms with van der Waals surface area (Å²) in [6.45, 7) is 18.3. The van der Waals surface area contributed by atoms with Crippen LogP contribution in [0.2, 0.25) is 0 Å². The Kier molecular flexibility index (Phi) is 20.7.